The summed E-state index contributed by atoms with van der Waals surface area (Å²) in [5, 5.41) is 14.0. The molecule has 0 unspecified atom stereocenters. The Morgan fingerprint density at radius 3 is 1.95 bits per heavy atom. The van der Waals surface area contributed by atoms with Gasteiger partial charge in [-0.1, -0.05) is 146 Å². The van der Waals surface area contributed by atoms with Crippen LogP contribution in [0.3, 0.4) is 0 Å². The fourth-order valence-corrected chi connectivity index (χ4v) is 10.0. The van der Waals surface area contributed by atoms with Gasteiger partial charge < -0.3 is 8.82 Å². The first-order valence-electron chi connectivity index (χ1n) is 19.4. The molecular formula is C52H28N4O. The highest BCUT2D eigenvalue weighted by Gasteiger charge is 2.28. The summed E-state index contributed by atoms with van der Waals surface area (Å²) in [5.74, 6) is 0.766. The molecule has 9 aromatic carbocycles. The van der Waals surface area contributed by atoms with E-state index in [-0.39, 0.29) is 0 Å². The fourth-order valence-electron chi connectivity index (χ4n) is 10.0. The van der Waals surface area contributed by atoms with Crippen molar-refractivity contribution in [1.82, 2.24) is 18.9 Å². The molecule has 0 fully saturated rings. The molecule has 0 atom stereocenters. The smallest absolute Gasteiger partial charge is 0.165 e. The maximum atomic E-state index is 7.02. The van der Waals surface area contributed by atoms with E-state index in [1.165, 1.54) is 48.7 Å². The standard InChI is InChI=1S/C52H28N4O/c1-2-14-31(15-3-1)46-52(53-40-27-25-29-12-4-6-16-32(29)47(40)54-46)56-41-22-11-19-35-36-20-10-21-37-38-26-24-30-13-5-7-17-33(30)48(38)55(49(36)37)42-28-39-34-18-8-9-23-43(34)57-51(39)50(56)45(42)44(35)41/h1-28H. The largest absolute Gasteiger partial charge is 0.454 e. The zero-order chi connectivity index (χ0) is 36.9. The number of para-hydroxylation sites is 2. The second-order valence-electron chi connectivity index (χ2n) is 15.3. The second kappa shape index (κ2) is 10.5. The molecule has 5 aromatic heterocycles. The van der Waals surface area contributed by atoms with Crippen LogP contribution in [0, 0.1) is 0 Å². The van der Waals surface area contributed by atoms with Gasteiger partial charge in [-0.3, -0.25) is 4.57 Å². The summed E-state index contributed by atoms with van der Waals surface area (Å²) in [5.41, 5.74) is 10.8. The van der Waals surface area contributed by atoms with Crippen molar-refractivity contribution in [2.45, 2.75) is 0 Å². The van der Waals surface area contributed by atoms with Gasteiger partial charge in [0.1, 0.15) is 16.8 Å². The Hall–Kier alpha value is -7.76. The van der Waals surface area contributed by atoms with E-state index < -0.39 is 0 Å². The molecule has 5 nitrogen and oxygen atoms in total. The molecule has 14 aromatic rings. The SMILES string of the molecule is c1ccc(-c2nc3c(ccc4ccccc43)nc2-n2c3cccc4c5cccc6c7ccc8ccccc8c7n(c7cc8c9ccccc9oc8c2c7c43)c56)cc1. The van der Waals surface area contributed by atoms with Gasteiger partial charge in [0, 0.05) is 54.0 Å². The molecule has 0 radical (unpaired) electrons. The number of hydrogen-bond acceptors (Lipinski definition) is 3. The van der Waals surface area contributed by atoms with Crippen molar-refractivity contribution in [2.24, 2.45) is 0 Å². The zero-order valence-electron chi connectivity index (χ0n) is 30.4. The van der Waals surface area contributed by atoms with Crippen LogP contribution in [0.15, 0.2) is 174 Å². The first-order valence-corrected chi connectivity index (χ1v) is 19.4. The highest BCUT2D eigenvalue weighted by molar-refractivity contribution is 6.36. The summed E-state index contributed by atoms with van der Waals surface area (Å²) in [6.45, 7) is 0. The van der Waals surface area contributed by atoms with Crippen molar-refractivity contribution in [2.75, 3.05) is 0 Å². The highest BCUT2D eigenvalue weighted by Crippen LogP contribution is 2.49. The predicted molar refractivity (Wildman–Crippen MR) is 236 cm³/mol. The van der Waals surface area contributed by atoms with E-state index >= 15 is 0 Å². The van der Waals surface area contributed by atoms with E-state index in [0.717, 1.165) is 82.8 Å². The van der Waals surface area contributed by atoms with Gasteiger partial charge in [0.2, 0.25) is 0 Å². The summed E-state index contributed by atoms with van der Waals surface area (Å²) in [6.07, 6.45) is 0. The third kappa shape index (κ3) is 3.69. The Morgan fingerprint density at radius 1 is 0.421 bits per heavy atom. The maximum absolute atomic E-state index is 7.02. The molecule has 57 heavy (non-hydrogen) atoms. The van der Waals surface area contributed by atoms with Gasteiger partial charge in [0.15, 0.2) is 11.4 Å². The minimum atomic E-state index is 0.766. The van der Waals surface area contributed by atoms with Gasteiger partial charge in [0.05, 0.1) is 33.1 Å². The topological polar surface area (TPSA) is 48.3 Å². The minimum absolute atomic E-state index is 0.766. The van der Waals surface area contributed by atoms with Crippen molar-refractivity contribution < 1.29 is 4.42 Å². The molecule has 14 rings (SSSR count). The number of hydrogen-bond donors (Lipinski definition) is 0. The van der Waals surface area contributed by atoms with E-state index in [1.54, 1.807) is 0 Å². The van der Waals surface area contributed by atoms with Crippen LogP contribution in [0.25, 0.3) is 131 Å². The number of aromatic nitrogens is 4. The minimum Gasteiger partial charge on any atom is -0.454 e. The van der Waals surface area contributed by atoms with Crippen LogP contribution < -0.4 is 0 Å². The Kier molecular flexibility index (Phi) is 5.45. The van der Waals surface area contributed by atoms with Gasteiger partial charge in [-0.2, -0.15) is 0 Å². The molecule has 5 heterocycles. The number of furan rings is 1. The molecule has 0 saturated heterocycles. The Balaban J connectivity index is 1.30. The highest BCUT2D eigenvalue weighted by atomic mass is 16.3. The number of fused-ring (bicyclic) bond motifs is 14. The van der Waals surface area contributed by atoms with Gasteiger partial charge in [-0.05, 0) is 40.4 Å². The lowest BCUT2D eigenvalue weighted by molar-refractivity contribution is 0.671. The van der Waals surface area contributed by atoms with Crippen LogP contribution in [-0.4, -0.2) is 18.9 Å². The summed E-state index contributed by atoms with van der Waals surface area (Å²) in [7, 11) is 0. The summed E-state index contributed by atoms with van der Waals surface area (Å²) in [6, 6.07) is 60.8. The van der Waals surface area contributed by atoms with Crippen molar-refractivity contribution >= 4 is 114 Å². The number of benzene rings is 9. The molecule has 262 valence electrons. The van der Waals surface area contributed by atoms with Crippen molar-refractivity contribution in [3.05, 3.63) is 170 Å². The Morgan fingerprint density at radius 2 is 1.07 bits per heavy atom. The lowest BCUT2D eigenvalue weighted by Gasteiger charge is -2.15. The predicted octanol–water partition coefficient (Wildman–Crippen LogP) is 13.7. The third-order valence-electron chi connectivity index (χ3n) is 12.4. The van der Waals surface area contributed by atoms with E-state index in [4.69, 9.17) is 14.4 Å². The van der Waals surface area contributed by atoms with Crippen molar-refractivity contribution in [3.63, 3.8) is 0 Å². The molecule has 0 spiro atoms. The number of rotatable bonds is 2. The molecule has 5 heteroatoms. The van der Waals surface area contributed by atoms with Crippen LogP contribution in [0.5, 0.6) is 0 Å². The van der Waals surface area contributed by atoms with E-state index in [9.17, 15) is 0 Å². The van der Waals surface area contributed by atoms with Crippen LogP contribution >= 0.6 is 0 Å². The molecular weight excluding hydrogens is 697 g/mol. The van der Waals surface area contributed by atoms with Gasteiger partial charge in [0.25, 0.3) is 0 Å². The Bertz CT molecular complexity index is 4040. The maximum Gasteiger partial charge on any atom is 0.165 e. The van der Waals surface area contributed by atoms with Crippen LogP contribution in [0.2, 0.25) is 0 Å². The van der Waals surface area contributed by atoms with Crippen LogP contribution in [-0.2, 0) is 0 Å². The molecule has 0 bridgehead atoms. The number of nitrogens with zero attached hydrogens (tertiary/aromatic N) is 4. The van der Waals surface area contributed by atoms with E-state index in [2.05, 4.69) is 179 Å². The molecule has 0 N–H and O–H groups in total. The molecule has 0 amide bonds. The lowest BCUT2D eigenvalue weighted by Crippen LogP contribution is -2.04. The molecule has 0 saturated carbocycles. The molecule has 0 aliphatic rings. The van der Waals surface area contributed by atoms with Gasteiger partial charge >= 0.3 is 0 Å². The average molecular weight is 725 g/mol. The molecule has 0 aliphatic carbocycles. The summed E-state index contributed by atoms with van der Waals surface area (Å²) < 4.78 is 11.9. The fraction of sp³-hybridized carbons (Fsp3) is 0. The first kappa shape index (κ1) is 29.6. The van der Waals surface area contributed by atoms with Crippen molar-refractivity contribution in [1.29, 1.82) is 0 Å². The zero-order valence-corrected chi connectivity index (χ0v) is 30.4. The average Bonchev–Trinajstić information content (AvgIpc) is 3.91. The van der Waals surface area contributed by atoms with Crippen LogP contribution in [0.4, 0.5) is 0 Å². The summed E-state index contributed by atoms with van der Waals surface area (Å²) >= 11 is 0. The molecule has 0 aliphatic heterocycles. The normalized spacial score (nSPS) is 12.6. The van der Waals surface area contributed by atoms with E-state index in [0.29, 0.717) is 0 Å². The third-order valence-corrected chi connectivity index (χ3v) is 12.4. The monoisotopic (exact) mass is 724 g/mol. The lowest BCUT2D eigenvalue weighted by atomic mass is 10.0. The first-order chi connectivity index (χ1) is 28.3. The van der Waals surface area contributed by atoms with Gasteiger partial charge in [-0.15, -0.1) is 0 Å². The second-order valence-corrected chi connectivity index (χ2v) is 15.3. The van der Waals surface area contributed by atoms with Crippen LogP contribution in [0.1, 0.15) is 0 Å². The summed E-state index contributed by atoms with van der Waals surface area (Å²) in [4.78, 5) is 11.2. The van der Waals surface area contributed by atoms with Crippen molar-refractivity contribution in [3.8, 4) is 17.1 Å². The quantitative estimate of drug-likeness (QED) is 0.167. The van der Waals surface area contributed by atoms with E-state index in [1.807, 2.05) is 0 Å². The Labute approximate surface area is 323 Å². The van der Waals surface area contributed by atoms with Gasteiger partial charge in [-0.25, -0.2) is 9.97 Å².